The van der Waals surface area contributed by atoms with E-state index in [1.165, 1.54) is 0 Å². The molecule has 0 saturated heterocycles. The molecule has 1 aromatic carbocycles. The van der Waals surface area contributed by atoms with Gasteiger partial charge in [-0.15, -0.1) is 11.6 Å². The Hall–Kier alpha value is -0.440. The lowest BCUT2D eigenvalue weighted by Crippen LogP contribution is -2.08. The number of alkyl halides is 1. The number of hydrogen-bond donors (Lipinski definition) is 1. The van der Waals surface area contributed by atoms with Crippen LogP contribution in [0.25, 0.3) is 0 Å². The second kappa shape index (κ2) is 4.87. The molecular formula is C10H12Cl2O2. The van der Waals surface area contributed by atoms with Crippen LogP contribution in [-0.2, 0) is 0 Å². The van der Waals surface area contributed by atoms with Crippen LogP contribution in [-0.4, -0.2) is 17.6 Å². The third-order valence-corrected chi connectivity index (χ3v) is 2.49. The average molecular weight is 235 g/mol. The first-order chi connectivity index (χ1) is 6.56. The van der Waals surface area contributed by atoms with Crippen LogP contribution >= 0.6 is 23.2 Å². The predicted molar refractivity (Wildman–Crippen MR) is 58.3 cm³/mol. The van der Waals surface area contributed by atoms with Crippen LogP contribution in [0, 0.1) is 0 Å². The molecule has 0 aromatic heterocycles. The molecule has 0 spiro atoms. The molecule has 2 nitrogen and oxygen atoms in total. The van der Waals surface area contributed by atoms with Crippen molar-refractivity contribution in [3.05, 3.63) is 28.8 Å². The Morgan fingerprint density at radius 1 is 1.43 bits per heavy atom. The fraction of sp³-hybridized carbons (Fsp3) is 0.400. The highest BCUT2D eigenvalue weighted by Gasteiger charge is 2.14. The number of aliphatic hydroxyl groups is 1. The Morgan fingerprint density at radius 2 is 2.07 bits per heavy atom. The summed E-state index contributed by atoms with van der Waals surface area (Å²) in [6.07, 6.45) is -0.708. The summed E-state index contributed by atoms with van der Waals surface area (Å²) in [7, 11) is 1.54. The Kier molecular flexibility index (Phi) is 4.05. The zero-order chi connectivity index (χ0) is 10.7. The number of ether oxygens (including phenoxy) is 1. The number of rotatable bonds is 3. The molecule has 4 heteroatoms. The number of benzene rings is 1. The van der Waals surface area contributed by atoms with Gasteiger partial charge in [0.2, 0.25) is 0 Å². The molecule has 2 atom stereocenters. The largest absolute Gasteiger partial charge is 0.495 e. The summed E-state index contributed by atoms with van der Waals surface area (Å²) in [5, 5.41) is 9.78. The second-order valence-corrected chi connectivity index (χ2v) is 4.11. The minimum Gasteiger partial charge on any atom is -0.495 e. The van der Waals surface area contributed by atoms with Crippen molar-refractivity contribution in [1.29, 1.82) is 0 Å². The second-order valence-electron chi connectivity index (χ2n) is 3.02. The predicted octanol–water partition coefficient (Wildman–Crippen LogP) is 3.01. The molecule has 78 valence electrons. The zero-order valence-corrected chi connectivity index (χ0v) is 9.51. The number of halogens is 2. The number of methoxy groups -OCH3 is 1. The number of aliphatic hydroxyl groups excluding tert-OH is 1. The van der Waals surface area contributed by atoms with Crippen molar-refractivity contribution >= 4 is 23.2 Å². The molecule has 1 N–H and O–H groups in total. The molecule has 0 heterocycles. The van der Waals surface area contributed by atoms with Crippen molar-refractivity contribution in [2.45, 2.75) is 18.4 Å². The summed E-state index contributed by atoms with van der Waals surface area (Å²) >= 11 is 11.7. The highest BCUT2D eigenvalue weighted by Crippen LogP contribution is 2.29. The third kappa shape index (κ3) is 2.53. The molecule has 1 rings (SSSR count). The van der Waals surface area contributed by atoms with Crippen molar-refractivity contribution in [3.8, 4) is 5.75 Å². The van der Waals surface area contributed by atoms with Gasteiger partial charge in [0.25, 0.3) is 0 Å². The first kappa shape index (κ1) is 11.6. The van der Waals surface area contributed by atoms with Gasteiger partial charge in [0.1, 0.15) is 5.75 Å². The molecule has 0 saturated carbocycles. The van der Waals surface area contributed by atoms with Crippen molar-refractivity contribution in [3.63, 3.8) is 0 Å². The summed E-state index contributed by atoms with van der Waals surface area (Å²) in [6.45, 7) is 1.73. The Morgan fingerprint density at radius 3 is 2.50 bits per heavy atom. The fourth-order valence-corrected chi connectivity index (χ4v) is 1.54. The van der Waals surface area contributed by atoms with Gasteiger partial charge < -0.3 is 9.84 Å². The van der Waals surface area contributed by atoms with E-state index in [4.69, 9.17) is 27.9 Å². The topological polar surface area (TPSA) is 29.5 Å². The van der Waals surface area contributed by atoms with Crippen LogP contribution < -0.4 is 4.74 Å². The summed E-state index contributed by atoms with van der Waals surface area (Å²) < 4.78 is 4.99. The van der Waals surface area contributed by atoms with Gasteiger partial charge in [-0.3, -0.25) is 0 Å². The van der Waals surface area contributed by atoms with Crippen molar-refractivity contribution < 1.29 is 9.84 Å². The molecule has 2 unspecified atom stereocenters. The lowest BCUT2D eigenvalue weighted by molar-refractivity contribution is 0.177. The molecule has 1 aromatic rings. The molecule has 0 aliphatic rings. The molecule has 0 amide bonds. The van der Waals surface area contributed by atoms with E-state index in [-0.39, 0.29) is 5.38 Å². The standard InChI is InChI=1S/C10H12Cl2O2/c1-6(11)10(13)7-3-4-9(14-2)8(12)5-7/h3-6,10,13H,1-2H3. The monoisotopic (exact) mass is 234 g/mol. The maximum atomic E-state index is 9.65. The van der Waals surface area contributed by atoms with Crippen molar-refractivity contribution in [2.75, 3.05) is 7.11 Å². The fourth-order valence-electron chi connectivity index (χ4n) is 1.13. The SMILES string of the molecule is COc1ccc(C(O)C(C)Cl)cc1Cl. The molecule has 0 radical (unpaired) electrons. The summed E-state index contributed by atoms with van der Waals surface area (Å²) in [4.78, 5) is 0. The Labute approximate surface area is 93.4 Å². The zero-order valence-electron chi connectivity index (χ0n) is 8.00. The molecule has 14 heavy (non-hydrogen) atoms. The highest BCUT2D eigenvalue weighted by atomic mass is 35.5. The van der Waals surface area contributed by atoms with Gasteiger partial charge in [-0.05, 0) is 24.6 Å². The lowest BCUT2D eigenvalue weighted by atomic mass is 10.1. The first-order valence-electron chi connectivity index (χ1n) is 4.22. The van der Waals surface area contributed by atoms with Gasteiger partial charge >= 0.3 is 0 Å². The Bertz CT molecular complexity index is 313. The van der Waals surface area contributed by atoms with Gasteiger partial charge in [0.05, 0.1) is 23.6 Å². The summed E-state index contributed by atoms with van der Waals surface area (Å²) in [6, 6.07) is 5.11. The van der Waals surface area contributed by atoms with E-state index in [1.54, 1.807) is 32.2 Å². The van der Waals surface area contributed by atoms with E-state index in [1.807, 2.05) is 0 Å². The van der Waals surface area contributed by atoms with Crippen LogP contribution in [0.5, 0.6) is 5.75 Å². The van der Waals surface area contributed by atoms with E-state index < -0.39 is 6.10 Å². The lowest BCUT2D eigenvalue weighted by Gasteiger charge is -2.14. The Balaban J connectivity index is 2.96. The summed E-state index contributed by atoms with van der Waals surface area (Å²) in [5.41, 5.74) is 0.693. The van der Waals surface area contributed by atoms with Gasteiger partial charge in [-0.1, -0.05) is 17.7 Å². The van der Waals surface area contributed by atoms with Gasteiger partial charge in [0, 0.05) is 0 Å². The van der Waals surface area contributed by atoms with Crippen LogP contribution in [0.3, 0.4) is 0 Å². The van der Waals surface area contributed by atoms with E-state index in [0.717, 1.165) is 0 Å². The quantitative estimate of drug-likeness (QED) is 0.816. The van der Waals surface area contributed by atoms with E-state index >= 15 is 0 Å². The minimum absolute atomic E-state index is 0.348. The molecule has 0 aliphatic carbocycles. The third-order valence-electron chi connectivity index (χ3n) is 1.95. The average Bonchev–Trinajstić information content (AvgIpc) is 2.16. The first-order valence-corrected chi connectivity index (χ1v) is 5.03. The van der Waals surface area contributed by atoms with Crippen LogP contribution in [0.15, 0.2) is 18.2 Å². The normalized spacial score (nSPS) is 14.9. The van der Waals surface area contributed by atoms with E-state index in [9.17, 15) is 5.11 Å². The number of hydrogen-bond acceptors (Lipinski definition) is 2. The van der Waals surface area contributed by atoms with Gasteiger partial charge in [0.15, 0.2) is 0 Å². The van der Waals surface area contributed by atoms with E-state index in [0.29, 0.717) is 16.3 Å². The highest BCUT2D eigenvalue weighted by molar-refractivity contribution is 6.32. The minimum atomic E-state index is -0.708. The van der Waals surface area contributed by atoms with Gasteiger partial charge in [-0.2, -0.15) is 0 Å². The van der Waals surface area contributed by atoms with Crippen LogP contribution in [0.2, 0.25) is 5.02 Å². The molecule has 0 fully saturated rings. The van der Waals surface area contributed by atoms with Crippen LogP contribution in [0.1, 0.15) is 18.6 Å². The molecule has 0 aliphatic heterocycles. The van der Waals surface area contributed by atoms with Crippen molar-refractivity contribution in [1.82, 2.24) is 0 Å². The maximum Gasteiger partial charge on any atom is 0.137 e. The molecule has 0 bridgehead atoms. The smallest absolute Gasteiger partial charge is 0.137 e. The van der Waals surface area contributed by atoms with Gasteiger partial charge in [-0.25, -0.2) is 0 Å². The maximum absolute atomic E-state index is 9.65. The van der Waals surface area contributed by atoms with E-state index in [2.05, 4.69) is 0 Å². The van der Waals surface area contributed by atoms with Crippen molar-refractivity contribution in [2.24, 2.45) is 0 Å². The molecular weight excluding hydrogens is 223 g/mol. The van der Waals surface area contributed by atoms with Crippen LogP contribution in [0.4, 0.5) is 0 Å². The summed E-state index contributed by atoms with van der Waals surface area (Å²) in [5.74, 6) is 0.588.